The molecule has 0 atom stereocenters. The summed E-state index contributed by atoms with van der Waals surface area (Å²) in [5.74, 6) is -1.28. The molecule has 7 nitrogen and oxygen atoms in total. The summed E-state index contributed by atoms with van der Waals surface area (Å²) in [4.78, 5) is 26.4. The van der Waals surface area contributed by atoms with E-state index < -0.39 is 23.6 Å². The highest BCUT2D eigenvalue weighted by atomic mass is 19.4. The molecule has 1 saturated heterocycles. The van der Waals surface area contributed by atoms with E-state index in [2.05, 4.69) is 21.5 Å². The molecular formula is C17H15F4N5O2. The smallest absolute Gasteiger partial charge is 0.433 e. The fourth-order valence-electron chi connectivity index (χ4n) is 2.62. The van der Waals surface area contributed by atoms with Gasteiger partial charge in [-0.15, -0.1) is 0 Å². The standard InChI is InChI=1S/C17H15F4N5O2/c1-11(18)16(27)26-8-6-25(7-9-26)14-15(23-5-4-22-14)28-12-2-3-13(24-10-12)17(19,20)21/h2-5,10H,1,6-9H2. The highest BCUT2D eigenvalue weighted by Gasteiger charge is 2.32. The van der Waals surface area contributed by atoms with E-state index in [-0.39, 0.29) is 24.7 Å². The first-order valence-electron chi connectivity index (χ1n) is 8.16. The number of anilines is 1. The number of ether oxygens (including phenoxy) is 1. The van der Waals surface area contributed by atoms with Crippen LogP contribution in [0.25, 0.3) is 0 Å². The summed E-state index contributed by atoms with van der Waals surface area (Å²) in [6, 6.07) is 1.94. The van der Waals surface area contributed by atoms with E-state index in [9.17, 15) is 22.4 Å². The first-order chi connectivity index (χ1) is 13.3. The van der Waals surface area contributed by atoms with Gasteiger partial charge in [-0.3, -0.25) is 4.79 Å². The van der Waals surface area contributed by atoms with E-state index in [1.165, 1.54) is 17.3 Å². The van der Waals surface area contributed by atoms with Gasteiger partial charge in [-0.1, -0.05) is 6.58 Å². The number of rotatable bonds is 4. The Labute approximate surface area is 157 Å². The lowest BCUT2D eigenvalue weighted by Crippen LogP contribution is -2.49. The SMILES string of the molecule is C=C(F)C(=O)N1CCN(c2nccnc2Oc2ccc(C(F)(F)F)nc2)CC1. The highest BCUT2D eigenvalue weighted by molar-refractivity contribution is 5.90. The van der Waals surface area contributed by atoms with Crippen molar-refractivity contribution in [3.8, 4) is 11.6 Å². The van der Waals surface area contributed by atoms with E-state index in [1.54, 1.807) is 4.90 Å². The molecule has 2 aromatic rings. The number of nitrogens with zero attached hydrogens (tertiary/aromatic N) is 5. The quantitative estimate of drug-likeness (QED) is 0.584. The van der Waals surface area contributed by atoms with Crippen molar-refractivity contribution in [1.82, 2.24) is 19.9 Å². The maximum atomic E-state index is 13.0. The summed E-state index contributed by atoms with van der Waals surface area (Å²) in [5.41, 5.74) is -1.03. The van der Waals surface area contributed by atoms with E-state index in [4.69, 9.17) is 4.74 Å². The number of piperazine rings is 1. The molecule has 1 fully saturated rings. The molecular weight excluding hydrogens is 382 g/mol. The second-order valence-corrected chi connectivity index (χ2v) is 5.85. The molecule has 1 amide bonds. The summed E-state index contributed by atoms with van der Waals surface area (Å²) in [6.45, 7) is 4.19. The molecule has 0 saturated carbocycles. The Bertz CT molecular complexity index is 865. The van der Waals surface area contributed by atoms with Crippen LogP contribution in [0.1, 0.15) is 5.69 Å². The van der Waals surface area contributed by atoms with E-state index in [1.807, 2.05) is 0 Å². The predicted octanol–water partition coefficient (Wildman–Crippen LogP) is 2.81. The molecule has 3 heterocycles. The monoisotopic (exact) mass is 397 g/mol. The van der Waals surface area contributed by atoms with Gasteiger partial charge in [0.2, 0.25) is 0 Å². The van der Waals surface area contributed by atoms with Crippen LogP contribution in [0.5, 0.6) is 11.6 Å². The number of halogens is 4. The fraction of sp³-hybridized carbons (Fsp3) is 0.294. The van der Waals surface area contributed by atoms with Gasteiger partial charge < -0.3 is 14.5 Å². The second kappa shape index (κ2) is 7.79. The zero-order valence-electron chi connectivity index (χ0n) is 14.5. The summed E-state index contributed by atoms with van der Waals surface area (Å²) in [6.07, 6.45) is -0.777. The third-order valence-corrected chi connectivity index (χ3v) is 3.99. The first kappa shape index (κ1) is 19.5. The van der Waals surface area contributed by atoms with E-state index >= 15 is 0 Å². The van der Waals surface area contributed by atoms with Crippen molar-refractivity contribution >= 4 is 11.7 Å². The van der Waals surface area contributed by atoms with E-state index in [0.717, 1.165) is 18.3 Å². The van der Waals surface area contributed by atoms with Crippen LogP contribution in [-0.2, 0) is 11.0 Å². The van der Waals surface area contributed by atoms with Crippen molar-refractivity contribution in [2.75, 3.05) is 31.1 Å². The molecule has 0 aliphatic carbocycles. The summed E-state index contributed by atoms with van der Waals surface area (Å²) in [7, 11) is 0. The number of alkyl halides is 3. The Morgan fingerprint density at radius 1 is 1.07 bits per heavy atom. The Balaban J connectivity index is 1.72. The number of pyridine rings is 1. The van der Waals surface area contributed by atoms with Gasteiger partial charge in [0.25, 0.3) is 11.8 Å². The molecule has 0 aromatic carbocycles. The lowest BCUT2D eigenvalue weighted by Gasteiger charge is -2.35. The minimum atomic E-state index is -4.54. The van der Waals surface area contributed by atoms with Crippen LogP contribution < -0.4 is 9.64 Å². The molecule has 0 spiro atoms. The Kier molecular flexibility index (Phi) is 5.43. The summed E-state index contributed by atoms with van der Waals surface area (Å²) in [5, 5.41) is 0. The molecule has 1 aliphatic heterocycles. The number of aromatic nitrogens is 3. The van der Waals surface area contributed by atoms with Gasteiger partial charge in [-0.05, 0) is 12.1 Å². The number of hydrogen-bond acceptors (Lipinski definition) is 6. The average molecular weight is 397 g/mol. The van der Waals surface area contributed by atoms with Gasteiger partial charge in [0.1, 0.15) is 11.4 Å². The Morgan fingerprint density at radius 2 is 1.75 bits per heavy atom. The molecule has 0 bridgehead atoms. The molecule has 28 heavy (non-hydrogen) atoms. The molecule has 2 aromatic heterocycles. The number of carbonyl (C=O) groups excluding carboxylic acids is 1. The van der Waals surface area contributed by atoms with Gasteiger partial charge in [0.05, 0.1) is 6.20 Å². The molecule has 148 valence electrons. The van der Waals surface area contributed by atoms with Crippen molar-refractivity contribution in [3.63, 3.8) is 0 Å². The lowest BCUT2D eigenvalue weighted by molar-refractivity contribution is -0.141. The topological polar surface area (TPSA) is 71.5 Å². The number of hydrogen-bond donors (Lipinski definition) is 0. The van der Waals surface area contributed by atoms with Gasteiger partial charge in [-0.25, -0.2) is 19.3 Å². The summed E-state index contributed by atoms with van der Waals surface area (Å²) < 4.78 is 56.3. The minimum absolute atomic E-state index is 0.0669. The van der Waals surface area contributed by atoms with Crippen LogP contribution >= 0.6 is 0 Å². The Morgan fingerprint density at radius 3 is 2.32 bits per heavy atom. The predicted molar refractivity (Wildman–Crippen MR) is 90.4 cm³/mol. The fourth-order valence-corrected chi connectivity index (χ4v) is 2.62. The van der Waals surface area contributed by atoms with Gasteiger partial charge in [-0.2, -0.15) is 13.2 Å². The van der Waals surface area contributed by atoms with Gasteiger partial charge in [0.15, 0.2) is 11.6 Å². The molecule has 0 unspecified atom stereocenters. The normalized spacial score (nSPS) is 14.7. The van der Waals surface area contributed by atoms with Crippen LogP contribution in [0.3, 0.4) is 0 Å². The first-order valence-corrected chi connectivity index (χ1v) is 8.16. The van der Waals surface area contributed by atoms with E-state index in [0.29, 0.717) is 18.9 Å². The lowest BCUT2D eigenvalue weighted by atomic mass is 10.3. The molecule has 1 aliphatic rings. The van der Waals surface area contributed by atoms with Crippen LogP contribution in [0, 0.1) is 0 Å². The molecule has 11 heteroatoms. The third-order valence-electron chi connectivity index (χ3n) is 3.99. The molecule has 3 rings (SSSR count). The van der Waals surface area contributed by atoms with Gasteiger partial charge in [0, 0.05) is 38.6 Å². The second-order valence-electron chi connectivity index (χ2n) is 5.85. The Hall–Kier alpha value is -3.24. The van der Waals surface area contributed by atoms with Crippen molar-refractivity contribution in [2.45, 2.75) is 6.18 Å². The molecule has 0 radical (unpaired) electrons. The van der Waals surface area contributed by atoms with Crippen molar-refractivity contribution < 1.29 is 27.1 Å². The number of amides is 1. The van der Waals surface area contributed by atoms with Crippen LogP contribution in [-0.4, -0.2) is 51.9 Å². The van der Waals surface area contributed by atoms with Crippen molar-refractivity contribution in [1.29, 1.82) is 0 Å². The summed E-state index contributed by atoms with van der Waals surface area (Å²) >= 11 is 0. The maximum absolute atomic E-state index is 13.0. The van der Waals surface area contributed by atoms with Crippen molar-refractivity contribution in [3.05, 3.63) is 48.8 Å². The van der Waals surface area contributed by atoms with Crippen LogP contribution in [0.4, 0.5) is 23.4 Å². The minimum Gasteiger partial charge on any atom is -0.434 e. The molecule has 0 N–H and O–H groups in total. The van der Waals surface area contributed by atoms with Crippen LogP contribution in [0.15, 0.2) is 43.1 Å². The zero-order valence-corrected chi connectivity index (χ0v) is 14.5. The third kappa shape index (κ3) is 4.35. The highest BCUT2D eigenvalue weighted by Crippen LogP contribution is 2.31. The van der Waals surface area contributed by atoms with Gasteiger partial charge >= 0.3 is 6.18 Å². The largest absolute Gasteiger partial charge is 0.434 e. The van der Waals surface area contributed by atoms with Crippen LogP contribution in [0.2, 0.25) is 0 Å². The maximum Gasteiger partial charge on any atom is 0.433 e. The number of carbonyl (C=O) groups is 1. The average Bonchev–Trinajstić information content (AvgIpc) is 2.68. The van der Waals surface area contributed by atoms with Crippen molar-refractivity contribution in [2.24, 2.45) is 0 Å². The zero-order chi connectivity index (χ0) is 20.3.